The Morgan fingerprint density at radius 1 is 1.08 bits per heavy atom. The van der Waals surface area contributed by atoms with Crippen molar-refractivity contribution in [3.8, 4) is 12.3 Å². The number of unbranched alkanes of at least 4 members (excludes halogenated alkanes) is 6. The Morgan fingerprint density at radius 2 is 1.62 bits per heavy atom. The predicted octanol–water partition coefficient (Wildman–Crippen LogP) is 4.52. The van der Waals surface area contributed by atoms with Gasteiger partial charge in [-0.25, -0.2) is 0 Å². The molecule has 1 atom stereocenters. The lowest BCUT2D eigenvalue weighted by Crippen LogP contribution is -1.89. The third kappa shape index (κ3) is 12.0. The van der Waals surface area contributed by atoms with Crippen molar-refractivity contribution in [1.29, 1.82) is 0 Å². The molecule has 0 aliphatic carbocycles. The minimum Gasteiger partial charge on any atom is -0.120 e. The molecule has 0 saturated carbocycles. The molecule has 0 nitrogen and oxygen atoms in total. The van der Waals surface area contributed by atoms with Gasteiger partial charge in [-0.15, -0.1) is 12.3 Å². The summed E-state index contributed by atoms with van der Waals surface area (Å²) in [5, 5.41) is 0. The Kier molecular flexibility index (Phi) is 10.2. The normalized spacial score (nSPS) is 12.4. The highest BCUT2D eigenvalue weighted by Gasteiger charge is 1.95. The average molecular weight is 245 g/mol. The van der Waals surface area contributed by atoms with Gasteiger partial charge >= 0.3 is 0 Å². The van der Waals surface area contributed by atoms with Gasteiger partial charge in [0.1, 0.15) is 0 Å². The summed E-state index contributed by atoms with van der Waals surface area (Å²) in [6.07, 6.45) is 15.4. The minimum absolute atomic E-state index is 0.689. The minimum atomic E-state index is 0.689. The second-order valence-corrected chi connectivity index (χ2v) is 5.21. The van der Waals surface area contributed by atoms with Crippen LogP contribution in [-0.4, -0.2) is 4.83 Å². The van der Waals surface area contributed by atoms with E-state index in [1.54, 1.807) is 0 Å². The lowest BCUT2D eigenvalue weighted by molar-refractivity contribution is 0.583. The Morgan fingerprint density at radius 3 is 2.15 bits per heavy atom. The first-order valence-electron chi connectivity index (χ1n) is 5.35. The van der Waals surface area contributed by atoms with E-state index in [-0.39, 0.29) is 0 Å². The van der Waals surface area contributed by atoms with Gasteiger partial charge in [-0.3, -0.25) is 0 Å². The molecule has 0 aromatic carbocycles. The van der Waals surface area contributed by atoms with E-state index in [1.165, 1.54) is 44.9 Å². The smallest absolute Gasteiger partial charge is 0.0117 e. The lowest BCUT2D eigenvalue weighted by atomic mass is 10.1. The maximum absolute atomic E-state index is 5.17. The summed E-state index contributed by atoms with van der Waals surface area (Å²) < 4.78 is 0. The van der Waals surface area contributed by atoms with Crippen molar-refractivity contribution in [2.75, 3.05) is 0 Å². The van der Waals surface area contributed by atoms with E-state index in [0.717, 1.165) is 6.42 Å². The first-order chi connectivity index (χ1) is 6.27. The molecule has 1 heteroatoms. The number of hydrogen-bond donors (Lipinski definition) is 0. The second-order valence-electron chi connectivity index (χ2n) is 3.64. The van der Waals surface area contributed by atoms with Crippen LogP contribution in [0.4, 0.5) is 0 Å². The average Bonchev–Trinajstić information content (AvgIpc) is 2.09. The molecule has 0 N–H and O–H groups in total. The first kappa shape index (κ1) is 13.0. The van der Waals surface area contributed by atoms with Gasteiger partial charge < -0.3 is 0 Å². The Labute approximate surface area is 91.6 Å². The molecule has 0 fully saturated rings. The van der Waals surface area contributed by atoms with Gasteiger partial charge in [0.25, 0.3) is 0 Å². The van der Waals surface area contributed by atoms with Gasteiger partial charge in [0, 0.05) is 11.2 Å². The van der Waals surface area contributed by atoms with E-state index in [4.69, 9.17) is 6.42 Å². The molecule has 76 valence electrons. The first-order valence-corrected chi connectivity index (χ1v) is 6.26. The van der Waals surface area contributed by atoms with Crippen LogP contribution in [-0.2, 0) is 0 Å². The zero-order valence-electron chi connectivity index (χ0n) is 8.69. The van der Waals surface area contributed by atoms with E-state index in [2.05, 4.69) is 28.8 Å². The van der Waals surface area contributed by atoms with Crippen LogP contribution in [0.2, 0.25) is 0 Å². The third-order valence-electron chi connectivity index (χ3n) is 2.17. The van der Waals surface area contributed by atoms with Crippen LogP contribution in [0.1, 0.15) is 58.3 Å². The zero-order valence-corrected chi connectivity index (χ0v) is 10.3. The van der Waals surface area contributed by atoms with E-state index in [9.17, 15) is 0 Å². The fourth-order valence-electron chi connectivity index (χ4n) is 1.36. The Balaban J connectivity index is 2.88. The highest BCUT2D eigenvalue weighted by atomic mass is 79.9. The van der Waals surface area contributed by atoms with Crippen molar-refractivity contribution in [1.82, 2.24) is 0 Å². The summed E-state index contributed by atoms with van der Waals surface area (Å²) >= 11 is 3.56. The van der Waals surface area contributed by atoms with Crippen molar-refractivity contribution in [3.05, 3.63) is 0 Å². The monoisotopic (exact) mass is 244 g/mol. The van der Waals surface area contributed by atoms with E-state index in [1.807, 2.05) is 0 Å². The zero-order chi connectivity index (χ0) is 9.94. The maximum atomic E-state index is 5.17. The van der Waals surface area contributed by atoms with Crippen LogP contribution in [0.15, 0.2) is 0 Å². The molecule has 0 aliphatic heterocycles. The number of halogens is 1. The Hall–Kier alpha value is 0.0400. The molecule has 0 amide bonds. The summed E-state index contributed by atoms with van der Waals surface area (Å²) in [7, 11) is 0. The van der Waals surface area contributed by atoms with Crippen LogP contribution >= 0.6 is 15.9 Å². The molecule has 0 rings (SSSR count). The van der Waals surface area contributed by atoms with E-state index in [0.29, 0.717) is 4.83 Å². The highest BCUT2D eigenvalue weighted by molar-refractivity contribution is 9.09. The van der Waals surface area contributed by atoms with E-state index >= 15 is 0 Å². The van der Waals surface area contributed by atoms with Gasteiger partial charge in [0.15, 0.2) is 0 Å². The maximum Gasteiger partial charge on any atom is 0.0117 e. The predicted molar refractivity (Wildman–Crippen MR) is 64.2 cm³/mol. The van der Waals surface area contributed by atoms with Crippen LogP contribution in [0.25, 0.3) is 0 Å². The summed E-state index contributed by atoms with van der Waals surface area (Å²) in [4.78, 5) is 0.689. The number of hydrogen-bond acceptors (Lipinski definition) is 0. The van der Waals surface area contributed by atoms with E-state index < -0.39 is 0 Å². The molecule has 0 saturated heterocycles. The van der Waals surface area contributed by atoms with Crippen LogP contribution in [0, 0.1) is 12.3 Å². The number of rotatable bonds is 8. The van der Waals surface area contributed by atoms with Gasteiger partial charge in [-0.2, -0.15) is 0 Å². The molecule has 1 unspecified atom stereocenters. The topological polar surface area (TPSA) is 0 Å². The summed E-state index contributed by atoms with van der Waals surface area (Å²) in [5.74, 6) is 2.68. The quantitative estimate of drug-likeness (QED) is 0.335. The van der Waals surface area contributed by atoms with Gasteiger partial charge in [0.05, 0.1) is 0 Å². The van der Waals surface area contributed by atoms with Crippen molar-refractivity contribution in [3.63, 3.8) is 0 Å². The number of alkyl halides is 1. The van der Waals surface area contributed by atoms with Gasteiger partial charge in [0.2, 0.25) is 0 Å². The molecular formula is C12H21Br. The molecule has 0 aliphatic rings. The molecule has 0 aromatic heterocycles. The molecular weight excluding hydrogens is 224 g/mol. The Bertz CT molecular complexity index is 133. The highest BCUT2D eigenvalue weighted by Crippen LogP contribution is 2.12. The van der Waals surface area contributed by atoms with Gasteiger partial charge in [-0.1, -0.05) is 55.0 Å². The van der Waals surface area contributed by atoms with Crippen molar-refractivity contribution < 1.29 is 0 Å². The third-order valence-corrected chi connectivity index (χ3v) is 2.63. The summed E-state index contributed by atoms with van der Waals surface area (Å²) in [6.45, 7) is 2.22. The number of terminal acetylenes is 1. The van der Waals surface area contributed by atoms with Crippen molar-refractivity contribution in [2.24, 2.45) is 0 Å². The lowest BCUT2D eigenvalue weighted by Gasteiger charge is -2.02. The van der Waals surface area contributed by atoms with Crippen LogP contribution in [0.5, 0.6) is 0 Å². The summed E-state index contributed by atoms with van der Waals surface area (Å²) in [6, 6.07) is 0. The fraction of sp³-hybridized carbons (Fsp3) is 0.833. The molecule has 0 aromatic rings. The SMILES string of the molecule is C#CCCCCCCCCC(C)Br. The fourth-order valence-corrected chi connectivity index (χ4v) is 1.68. The second kappa shape index (κ2) is 10.1. The summed E-state index contributed by atoms with van der Waals surface area (Å²) in [5.41, 5.74) is 0. The largest absolute Gasteiger partial charge is 0.120 e. The van der Waals surface area contributed by atoms with Crippen molar-refractivity contribution >= 4 is 15.9 Å². The van der Waals surface area contributed by atoms with Crippen molar-refractivity contribution in [2.45, 2.75) is 63.1 Å². The molecule has 0 bridgehead atoms. The van der Waals surface area contributed by atoms with Crippen LogP contribution in [0.3, 0.4) is 0 Å². The molecule has 0 radical (unpaired) electrons. The molecule has 0 spiro atoms. The molecule has 0 heterocycles. The standard InChI is InChI=1S/C12H21Br/c1-3-4-5-6-7-8-9-10-11-12(2)13/h1,12H,4-11H2,2H3. The van der Waals surface area contributed by atoms with Gasteiger partial charge in [-0.05, 0) is 12.8 Å². The van der Waals surface area contributed by atoms with Crippen LogP contribution < -0.4 is 0 Å². The molecule has 13 heavy (non-hydrogen) atoms.